The number of phenols is 2. The molecule has 0 saturated carbocycles. The lowest BCUT2D eigenvalue weighted by atomic mass is 9.94. The summed E-state index contributed by atoms with van der Waals surface area (Å²) < 4.78 is 0. The molecule has 1 aromatic rings. The third-order valence-electron chi connectivity index (χ3n) is 5.21. The fourth-order valence-electron chi connectivity index (χ4n) is 3.27. The van der Waals surface area contributed by atoms with Crippen LogP contribution in [0.3, 0.4) is 0 Å². The topological polar surface area (TPSA) is 77.8 Å². The highest BCUT2D eigenvalue weighted by atomic mass is 16.4. The van der Waals surface area contributed by atoms with Gasteiger partial charge in [-0.05, 0) is 91.7 Å². The van der Waals surface area contributed by atoms with Gasteiger partial charge < -0.3 is 15.3 Å². The smallest absolute Gasteiger partial charge is 0.339 e. The molecule has 0 unspecified atom stereocenters. The minimum Gasteiger partial charge on any atom is -0.504 e. The molecule has 0 aliphatic rings. The molecule has 170 valence electrons. The van der Waals surface area contributed by atoms with E-state index in [2.05, 4.69) is 52.8 Å². The first-order valence-corrected chi connectivity index (χ1v) is 10.9. The number of benzene rings is 1. The van der Waals surface area contributed by atoms with Crippen LogP contribution in [0, 0.1) is 0 Å². The molecule has 3 N–H and O–H groups in total. The van der Waals surface area contributed by atoms with E-state index in [9.17, 15) is 20.1 Å². The molecule has 4 heteroatoms. The summed E-state index contributed by atoms with van der Waals surface area (Å²) in [6.07, 6.45) is 13.2. The van der Waals surface area contributed by atoms with Gasteiger partial charge in [0.05, 0.1) is 0 Å². The van der Waals surface area contributed by atoms with Gasteiger partial charge in [0.2, 0.25) is 0 Å². The van der Waals surface area contributed by atoms with Crippen LogP contribution in [-0.2, 0) is 12.8 Å². The molecular weight excluding hydrogens is 388 g/mol. The Hall–Kier alpha value is -2.75. The van der Waals surface area contributed by atoms with Gasteiger partial charge in [0.1, 0.15) is 5.56 Å². The lowest BCUT2D eigenvalue weighted by Gasteiger charge is -2.14. The molecule has 31 heavy (non-hydrogen) atoms. The van der Waals surface area contributed by atoms with Crippen LogP contribution in [0.1, 0.15) is 88.7 Å². The number of carboxylic acid groups (broad SMARTS) is 1. The van der Waals surface area contributed by atoms with Crippen molar-refractivity contribution in [3.63, 3.8) is 0 Å². The Bertz CT molecular complexity index is 890. The third kappa shape index (κ3) is 9.29. The zero-order valence-corrected chi connectivity index (χ0v) is 19.9. The Morgan fingerprint density at radius 3 is 1.71 bits per heavy atom. The lowest BCUT2D eigenvalue weighted by Crippen LogP contribution is -2.03. The third-order valence-corrected chi connectivity index (χ3v) is 5.21. The maximum atomic E-state index is 11.5. The fraction of sp³-hybridized carbons (Fsp3) is 0.444. The lowest BCUT2D eigenvalue weighted by molar-refractivity contribution is 0.0692. The predicted molar refractivity (Wildman–Crippen MR) is 129 cm³/mol. The second-order valence-corrected chi connectivity index (χ2v) is 8.71. The summed E-state index contributed by atoms with van der Waals surface area (Å²) in [6, 6.07) is 1.49. The van der Waals surface area contributed by atoms with Gasteiger partial charge in [-0.2, -0.15) is 0 Å². The Labute approximate surface area is 187 Å². The van der Waals surface area contributed by atoms with E-state index < -0.39 is 11.7 Å². The molecule has 0 radical (unpaired) electrons. The molecule has 0 heterocycles. The van der Waals surface area contributed by atoms with E-state index in [1.165, 1.54) is 28.4 Å². The second kappa shape index (κ2) is 12.8. The van der Waals surface area contributed by atoms with Crippen molar-refractivity contribution in [1.29, 1.82) is 0 Å². The highest BCUT2D eigenvalue weighted by molar-refractivity contribution is 5.92. The number of rotatable bonds is 11. The van der Waals surface area contributed by atoms with Gasteiger partial charge in [-0.25, -0.2) is 4.79 Å². The largest absolute Gasteiger partial charge is 0.504 e. The van der Waals surface area contributed by atoms with Gasteiger partial charge in [-0.3, -0.25) is 0 Å². The van der Waals surface area contributed by atoms with Crippen molar-refractivity contribution in [2.24, 2.45) is 0 Å². The molecule has 0 saturated heterocycles. The van der Waals surface area contributed by atoms with Crippen molar-refractivity contribution in [2.75, 3.05) is 0 Å². The van der Waals surface area contributed by atoms with Gasteiger partial charge in [0.15, 0.2) is 11.5 Å². The monoisotopic (exact) mass is 426 g/mol. The number of phenolic OH excluding ortho intramolecular Hbond substituents is 1. The van der Waals surface area contributed by atoms with Gasteiger partial charge in [0.25, 0.3) is 0 Å². The average molecular weight is 427 g/mol. The molecule has 0 spiro atoms. The number of hydrogen-bond acceptors (Lipinski definition) is 3. The van der Waals surface area contributed by atoms with Crippen molar-refractivity contribution in [3.8, 4) is 11.5 Å². The summed E-state index contributed by atoms with van der Waals surface area (Å²) in [5, 5.41) is 30.2. The molecule has 4 nitrogen and oxygen atoms in total. The number of aromatic hydroxyl groups is 2. The number of hydrogen-bond donors (Lipinski definition) is 3. The molecule has 1 rings (SSSR count). The number of carbonyl (C=O) groups is 1. The minimum absolute atomic E-state index is 0.267. The molecule has 1 aromatic carbocycles. The van der Waals surface area contributed by atoms with Crippen LogP contribution in [0.25, 0.3) is 0 Å². The Morgan fingerprint density at radius 2 is 1.26 bits per heavy atom. The Kier molecular flexibility index (Phi) is 10.9. The normalized spacial score (nSPS) is 11.9. The van der Waals surface area contributed by atoms with Gasteiger partial charge >= 0.3 is 5.97 Å². The van der Waals surface area contributed by atoms with Crippen LogP contribution < -0.4 is 0 Å². The summed E-state index contributed by atoms with van der Waals surface area (Å²) in [6.45, 7) is 12.4. The molecule has 0 aromatic heterocycles. The van der Waals surface area contributed by atoms with Crippen LogP contribution in [0.5, 0.6) is 11.5 Å². The Morgan fingerprint density at radius 1 is 0.774 bits per heavy atom. The molecule has 0 amide bonds. The summed E-state index contributed by atoms with van der Waals surface area (Å²) >= 11 is 0. The fourth-order valence-corrected chi connectivity index (χ4v) is 3.27. The molecular formula is C27H38O4. The molecule has 0 aliphatic carbocycles. The maximum absolute atomic E-state index is 11.5. The summed E-state index contributed by atoms with van der Waals surface area (Å²) in [4.78, 5) is 11.5. The highest BCUT2D eigenvalue weighted by Gasteiger charge is 2.20. The average Bonchev–Trinajstić information content (AvgIpc) is 2.67. The first-order chi connectivity index (χ1) is 14.5. The predicted octanol–water partition coefficient (Wildman–Crippen LogP) is 7.27. The molecule has 0 aliphatic heterocycles. The number of carboxylic acids is 1. The van der Waals surface area contributed by atoms with Crippen LogP contribution in [-0.4, -0.2) is 21.3 Å². The summed E-state index contributed by atoms with van der Waals surface area (Å²) in [5.74, 6) is -2.15. The van der Waals surface area contributed by atoms with Gasteiger partial charge in [0, 0.05) is 5.56 Å². The van der Waals surface area contributed by atoms with Crippen LogP contribution in [0.4, 0.5) is 0 Å². The van der Waals surface area contributed by atoms with Crippen molar-refractivity contribution < 1.29 is 20.1 Å². The van der Waals surface area contributed by atoms with Gasteiger partial charge in [-0.1, -0.05) is 46.6 Å². The Balaban J connectivity index is 3.15. The standard InChI is InChI=1S/C27H38O4/c1-18(2)9-7-11-20(5)13-15-22-17-24(27(30)31)26(29)25(28)23(22)16-14-21(6)12-8-10-19(3)4/h9-10,13-14,17,28-29H,7-8,11-12,15-16H2,1-6H3,(H,30,31)/b20-13+,21-14+. The van der Waals surface area contributed by atoms with Crippen molar-refractivity contribution >= 4 is 5.97 Å². The number of allylic oxidation sites excluding steroid dienone is 8. The number of aromatic carboxylic acids is 1. The van der Waals surface area contributed by atoms with E-state index >= 15 is 0 Å². The van der Waals surface area contributed by atoms with Crippen molar-refractivity contribution in [1.82, 2.24) is 0 Å². The first-order valence-electron chi connectivity index (χ1n) is 10.9. The van der Waals surface area contributed by atoms with E-state index in [0.29, 0.717) is 18.4 Å². The van der Waals surface area contributed by atoms with Gasteiger partial charge in [-0.15, -0.1) is 0 Å². The second-order valence-electron chi connectivity index (χ2n) is 8.71. The zero-order chi connectivity index (χ0) is 23.6. The van der Waals surface area contributed by atoms with Crippen LogP contribution in [0.15, 0.2) is 52.7 Å². The summed E-state index contributed by atoms with van der Waals surface area (Å²) in [7, 11) is 0. The minimum atomic E-state index is -1.25. The van der Waals surface area contributed by atoms with E-state index in [0.717, 1.165) is 31.2 Å². The first kappa shape index (κ1) is 26.3. The van der Waals surface area contributed by atoms with Crippen LogP contribution in [0.2, 0.25) is 0 Å². The SMILES string of the molecule is CC(C)=CCC/C(C)=C/Cc1cc(C(=O)O)c(O)c(O)c1C/C=C(\C)CCC=C(C)C. The maximum Gasteiger partial charge on any atom is 0.339 e. The quantitative estimate of drug-likeness (QED) is 0.257. The zero-order valence-electron chi connectivity index (χ0n) is 19.9. The molecule has 0 atom stereocenters. The van der Waals surface area contributed by atoms with Crippen molar-refractivity contribution in [2.45, 2.75) is 80.1 Å². The molecule has 0 bridgehead atoms. The van der Waals surface area contributed by atoms with E-state index in [4.69, 9.17) is 0 Å². The van der Waals surface area contributed by atoms with E-state index in [1.807, 2.05) is 13.0 Å². The van der Waals surface area contributed by atoms with Crippen molar-refractivity contribution in [3.05, 3.63) is 69.4 Å². The van der Waals surface area contributed by atoms with E-state index in [1.54, 1.807) is 0 Å². The van der Waals surface area contributed by atoms with Crippen LogP contribution >= 0.6 is 0 Å². The molecule has 0 fully saturated rings. The van der Waals surface area contributed by atoms with E-state index in [-0.39, 0.29) is 11.3 Å². The highest BCUT2D eigenvalue weighted by Crippen LogP contribution is 2.36. The summed E-state index contributed by atoms with van der Waals surface area (Å²) in [5.41, 5.74) is 6.01.